The second kappa shape index (κ2) is 6.12. The van der Waals surface area contributed by atoms with Gasteiger partial charge in [-0.15, -0.1) is 0 Å². The Bertz CT molecular complexity index is 730. The summed E-state index contributed by atoms with van der Waals surface area (Å²) in [5, 5.41) is 3.27. The lowest BCUT2D eigenvalue weighted by Gasteiger charge is -2.38. The molecule has 3 N–H and O–H groups in total. The standard InChI is InChI=1S/C18H19N3O2/c1-2-14(17(19)22)21-15-11-7-6-10-13(15)20-16(18(21)23)12-8-4-3-5-9-12/h3-11,14,16,20H,2H2,1H3,(H2,19,22). The molecule has 2 aromatic rings. The third kappa shape index (κ3) is 2.65. The van der Waals surface area contributed by atoms with Gasteiger partial charge >= 0.3 is 0 Å². The monoisotopic (exact) mass is 309 g/mol. The highest BCUT2D eigenvalue weighted by atomic mass is 16.2. The number of benzene rings is 2. The van der Waals surface area contributed by atoms with E-state index in [1.165, 1.54) is 4.90 Å². The van der Waals surface area contributed by atoms with E-state index in [-0.39, 0.29) is 5.91 Å². The summed E-state index contributed by atoms with van der Waals surface area (Å²) >= 11 is 0. The molecule has 3 rings (SSSR count). The fourth-order valence-corrected chi connectivity index (χ4v) is 2.98. The normalized spacial score (nSPS) is 18.0. The van der Waals surface area contributed by atoms with Gasteiger partial charge in [-0.05, 0) is 24.1 Å². The molecule has 0 saturated carbocycles. The molecule has 0 aromatic heterocycles. The average molecular weight is 309 g/mol. The summed E-state index contributed by atoms with van der Waals surface area (Å²) in [6.45, 7) is 1.85. The van der Waals surface area contributed by atoms with Gasteiger partial charge in [-0.1, -0.05) is 49.4 Å². The molecule has 2 amide bonds. The molecule has 2 atom stereocenters. The zero-order valence-corrected chi connectivity index (χ0v) is 12.9. The second-order valence-corrected chi connectivity index (χ2v) is 5.54. The van der Waals surface area contributed by atoms with Crippen molar-refractivity contribution in [1.29, 1.82) is 0 Å². The number of carbonyl (C=O) groups excluding carboxylic acids is 2. The summed E-state index contributed by atoms with van der Waals surface area (Å²) in [6, 6.07) is 15.8. The Morgan fingerprint density at radius 1 is 1.17 bits per heavy atom. The van der Waals surface area contributed by atoms with Crippen LogP contribution in [0.1, 0.15) is 24.9 Å². The number of anilines is 2. The SMILES string of the molecule is CCC(C(N)=O)N1C(=O)C(c2ccccc2)Nc2ccccc21. The topological polar surface area (TPSA) is 75.4 Å². The number of hydrogen-bond acceptors (Lipinski definition) is 3. The maximum Gasteiger partial charge on any atom is 0.254 e. The Morgan fingerprint density at radius 3 is 2.48 bits per heavy atom. The first kappa shape index (κ1) is 15.1. The maximum atomic E-state index is 13.0. The van der Waals surface area contributed by atoms with Crippen LogP contribution in [-0.2, 0) is 9.59 Å². The Kier molecular flexibility index (Phi) is 4.02. The first-order chi connectivity index (χ1) is 11.1. The molecule has 23 heavy (non-hydrogen) atoms. The van der Waals surface area contributed by atoms with Gasteiger partial charge in [0.05, 0.1) is 11.4 Å². The number of hydrogen-bond donors (Lipinski definition) is 2. The number of nitrogens with zero attached hydrogens (tertiary/aromatic N) is 1. The number of para-hydroxylation sites is 2. The second-order valence-electron chi connectivity index (χ2n) is 5.54. The van der Waals surface area contributed by atoms with Crippen LogP contribution in [0, 0.1) is 0 Å². The van der Waals surface area contributed by atoms with E-state index < -0.39 is 18.0 Å². The van der Waals surface area contributed by atoms with E-state index in [1.807, 2.05) is 61.5 Å². The Balaban J connectivity index is 2.10. The van der Waals surface area contributed by atoms with Crippen molar-refractivity contribution in [3.8, 4) is 0 Å². The third-order valence-electron chi connectivity index (χ3n) is 4.11. The van der Waals surface area contributed by atoms with E-state index in [0.29, 0.717) is 12.1 Å². The van der Waals surface area contributed by atoms with Crippen molar-refractivity contribution >= 4 is 23.2 Å². The highest BCUT2D eigenvalue weighted by Gasteiger charge is 2.38. The number of fused-ring (bicyclic) bond motifs is 1. The molecular weight excluding hydrogens is 290 g/mol. The third-order valence-corrected chi connectivity index (χ3v) is 4.11. The van der Waals surface area contributed by atoms with E-state index in [2.05, 4.69) is 5.32 Å². The van der Waals surface area contributed by atoms with Gasteiger partial charge in [-0.3, -0.25) is 14.5 Å². The number of nitrogens with one attached hydrogen (secondary N) is 1. The molecule has 0 aliphatic carbocycles. The minimum atomic E-state index is -0.656. The van der Waals surface area contributed by atoms with Gasteiger partial charge in [0.1, 0.15) is 12.1 Å². The van der Waals surface area contributed by atoms with Crippen LogP contribution in [-0.4, -0.2) is 17.9 Å². The van der Waals surface area contributed by atoms with Gasteiger partial charge in [0.25, 0.3) is 5.91 Å². The van der Waals surface area contributed by atoms with E-state index in [4.69, 9.17) is 5.73 Å². The van der Waals surface area contributed by atoms with Crippen molar-refractivity contribution in [2.24, 2.45) is 5.73 Å². The number of carbonyl (C=O) groups is 2. The summed E-state index contributed by atoms with van der Waals surface area (Å²) in [5.74, 6) is -0.662. The Labute approximate surface area is 135 Å². The smallest absolute Gasteiger partial charge is 0.254 e. The molecule has 0 saturated heterocycles. The molecular formula is C18H19N3O2. The molecule has 118 valence electrons. The van der Waals surface area contributed by atoms with Gasteiger partial charge in [0.2, 0.25) is 5.91 Å². The van der Waals surface area contributed by atoms with Gasteiger partial charge in [0.15, 0.2) is 0 Å². The molecule has 1 aliphatic rings. The van der Waals surface area contributed by atoms with Gasteiger partial charge in [0, 0.05) is 0 Å². The Morgan fingerprint density at radius 2 is 1.83 bits per heavy atom. The predicted molar refractivity (Wildman–Crippen MR) is 90.0 cm³/mol. The van der Waals surface area contributed by atoms with E-state index in [9.17, 15) is 9.59 Å². The van der Waals surface area contributed by atoms with Crippen LogP contribution in [0.15, 0.2) is 54.6 Å². The molecule has 5 nitrogen and oxygen atoms in total. The van der Waals surface area contributed by atoms with E-state index >= 15 is 0 Å². The molecule has 0 fully saturated rings. The van der Waals surface area contributed by atoms with E-state index in [1.54, 1.807) is 0 Å². The lowest BCUT2D eigenvalue weighted by molar-refractivity contribution is -0.125. The molecule has 1 aliphatic heterocycles. The summed E-state index contributed by atoms with van der Waals surface area (Å²) in [5.41, 5.74) is 7.90. The van der Waals surface area contributed by atoms with Crippen molar-refractivity contribution < 1.29 is 9.59 Å². The van der Waals surface area contributed by atoms with Crippen LogP contribution in [0.4, 0.5) is 11.4 Å². The van der Waals surface area contributed by atoms with Crippen LogP contribution >= 0.6 is 0 Å². The minimum absolute atomic E-state index is 0.166. The molecule has 2 aromatic carbocycles. The quantitative estimate of drug-likeness (QED) is 0.911. The first-order valence-electron chi connectivity index (χ1n) is 7.66. The van der Waals surface area contributed by atoms with Gasteiger partial charge in [-0.2, -0.15) is 0 Å². The highest BCUT2D eigenvalue weighted by molar-refractivity contribution is 6.09. The van der Waals surface area contributed by atoms with Crippen molar-refractivity contribution in [2.45, 2.75) is 25.4 Å². The average Bonchev–Trinajstić information content (AvgIpc) is 2.57. The largest absolute Gasteiger partial charge is 0.368 e. The first-order valence-corrected chi connectivity index (χ1v) is 7.66. The number of primary amides is 1. The maximum absolute atomic E-state index is 13.0. The van der Waals surface area contributed by atoms with Crippen LogP contribution in [0.3, 0.4) is 0 Å². The highest BCUT2D eigenvalue weighted by Crippen LogP contribution is 2.37. The number of nitrogens with two attached hydrogens (primary N) is 1. The summed E-state index contributed by atoms with van der Waals surface area (Å²) in [6.07, 6.45) is 0.469. The lowest BCUT2D eigenvalue weighted by Crippen LogP contribution is -2.52. The molecule has 5 heteroatoms. The summed E-state index contributed by atoms with van der Waals surface area (Å²) in [4.78, 5) is 26.4. The van der Waals surface area contributed by atoms with Crippen molar-refractivity contribution in [1.82, 2.24) is 0 Å². The molecule has 0 spiro atoms. The van der Waals surface area contributed by atoms with Crippen molar-refractivity contribution in [3.05, 3.63) is 60.2 Å². The summed E-state index contributed by atoms with van der Waals surface area (Å²) in [7, 11) is 0. The summed E-state index contributed by atoms with van der Waals surface area (Å²) < 4.78 is 0. The number of amides is 2. The van der Waals surface area contributed by atoms with Crippen LogP contribution < -0.4 is 16.0 Å². The zero-order valence-electron chi connectivity index (χ0n) is 12.9. The van der Waals surface area contributed by atoms with Crippen molar-refractivity contribution in [2.75, 3.05) is 10.2 Å². The predicted octanol–water partition coefficient (Wildman–Crippen LogP) is 2.45. The fraction of sp³-hybridized carbons (Fsp3) is 0.222. The van der Waals surface area contributed by atoms with Crippen LogP contribution in [0.5, 0.6) is 0 Å². The zero-order chi connectivity index (χ0) is 16.4. The van der Waals surface area contributed by atoms with Crippen molar-refractivity contribution in [3.63, 3.8) is 0 Å². The molecule has 0 radical (unpaired) electrons. The fourth-order valence-electron chi connectivity index (χ4n) is 2.98. The van der Waals surface area contributed by atoms with Gasteiger partial charge < -0.3 is 11.1 Å². The van der Waals surface area contributed by atoms with E-state index in [0.717, 1.165) is 11.3 Å². The van der Waals surface area contributed by atoms with Crippen LogP contribution in [0.25, 0.3) is 0 Å². The molecule has 1 heterocycles. The molecule has 2 unspecified atom stereocenters. The van der Waals surface area contributed by atoms with Crippen LogP contribution in [0.2, 0.25) is 0 Å². The lowest BCUT2D eigenvalue weighted by atomic mass is 9.99. The molecule has 0 bridgehead atoms. The Hall–Kier alpha value is -2.82. The number of rotatable bonds is 4. The minimum Gasteiger partial charge on any atom is -0.368 e. The van der Waals surface area contributed by atoms with Gasteiger partial charge in [-0.25, -0.2) is 0 Å².